The van der Waals surface area contributed by atoms with Crippen LogP contribution in [0, 0.1) is 5.41 Å². The first-order chi connectivity index (χ1) is 11.6. The zero-order chi connectivity index (χ0) is 18.8. The van der Waals surface area contributed by atoms with Crippen LogP contribution in [0.15, 0.2) is 29.5 Å². The average Bonchev–Trinajstić information content (AvgIpc) is 2.52. The van der Waals surface area contributed by atoms with Crippen molar-refractivity contribution < 1.29 is 14.3 Å². The maximum Gasteiger partial charge on any atom is 0.338 e. The third-order valence-corrected chi connectivity index (χ3v) is 4.96. The summed E-state index contributed by atoms with van der Waals surface area (Å²) in [6, 6.07) is 5.38. The first-order valence-corrected chi connectivity index (χ1v) is 9.03. The van der Waals surface area contributed by atoms with Crippen LogP contribution >= 0.6 is 23.2 Å². The second-order valence-electron chi connectivity index (χ2n) is 7.31. The number of hydrogen-bond donors (Lipinski definition) is 1. The van der Waals surface area contributed by atoms with Crippen LogP contribution in [0.25, 0.3) is 0 Å². The Morgan fingerprint density at radius 3 is 2.60 bits per heavy atom. The molecule has 0 unspecified atom stereocenters. The van der Waals surface area contributed by atoms with Crippen molar-refractivity contribution in [2.45, 2.75) is 52.9 Å². The molecule has 1 aliphatic rings. The Balaban J connectivity index is 2.28. The van der Waals surface area contributed by atoms with Crippen LogP contribution < -0.4 is 5.32 Å². The number of hydrogen-bond acceptors (Lipinski definition) is 4. The monoisotopic (exact) mass is 385 g/mol. The van der Waals surface area contributed by atoms with Gasteiger partial charge in [0.25, 0.3) is 0 Å². The summed E-state index contributed by atoms with van der Waals surface area (Å²) in [6.07, 6.45) is 0.274. The molecule has 1 aromatic carbocycles. The summed E-state index contributed by atoms with van der Waals surface area (Å²) in [4.78, 5) is 12.2. The Hall–Kier alpha value is -1.23. The lowest BCUT2D eigenvalue weighted by atomic mass is 9.83. The molecule has 6 heteroatoms. The molecule has 0 radical (unpaired) electrons. The molecule has 1 N–H and O–H groups in total. The number of esters is 1. The van der Waals surface area contributed by atoms with E-state index >= 15 is 0 Å². The first kappa shape index (κ1) is 20.1. The zero-order valence-electron chi connectivity index (χ0n) is 15.3. The Morgan fingerprint density at radius 2 is 2.04 bits per heavy atom. The number of carbonyl (C=O) groups is 1. The quantitative estimate of drug-likeness (QED) is 0.760. The summed E-state index contributed by atoms with van der Waals surface area (Å²) < 4.78 is 11.0. The van der Waals surface area contributed by atoms with Gasteiger partial charge < -0.3 is 14.8 Å². The van der Waals surface area contributed by atoms with Gasteiger partial charge in [0.15, 0.2) is 0 Å². The fourth-order valence-electron chi connectivity index (χ4n) is 2.85. The minimum Gasteiger partial charge on any atom is -0.466 e. The normalized spacial score (nSPS) is 21.2. The SMILES string of the molecule is COC(=O)C1=C(NCc2ccc(Cl)cc2Cl)C[C@@H](C(C)(C)C)O[C@H]1C. The molecular formula is C19H25Cl2NO3. The number of ether oxygens (including phenoxy) is 2. The Labute approximate surface area is 159 Å². The van der Waals surface area contributed by atoms with E-state index in [0.717, 1.165) is 11.3 Å². The topological polar surface area (TPSA) is 47.6 Å². The van der Waals surface area contributed by atoms with E-state index in [0.29, 0.717) is 28.6 Å². The number of halogens is 2. The summed E-state index contributed by atoms with van der Waals surface area (Å²) in [5, 5.41) is 4.55. The number of methoxy groups -OCH3 is 1. The summed E-state index contributed by atoms with van der Waals surface area (Å²) in [5.41, 5.74) is 2.25. The van der Waals surface area contributed by atoms with E-state index in [-0.39, 0.29) is 23.6 Å². The van der Waals surface area contributed by atoms with Gasteiger partial charge in [-0.15, -0.1) is 0 Å². The van der Waals surface area contributed by atoms with Gasteiger partial charge in [-0.2, -0.15) is 0 Å². The molecule has 0 amide bonds. The van der Waals surface area contributed by atoms with Crippen molar-refractivity contribution in [3.8, 4) is 0 Å². The van der Waals surface area contributed by atoms with Crippen molar-refractivity contribution in [2.75, 3.05) is 7.11 Å². The summed E-state index contributed by atoms with van der Waals surface area (Å²) in [5.74, 6) is -0.371. The van der Waals surface area contributed by atoms with Gasteiger partial charge >= 0.3 is 5.97 Å². The van der Waals surface area contributed by atoms with E-state index in [9.17, 15) is 4.79 Å². The largest absolute Gasteiger partial charge is 0.466 e. The van der Waals surface area contributed by atoms with Gasteiger partial charge in [-0.05, 0) is 30.0 Å². The van der Waals surface area contributed by atoms with E-state index < -0.39 is 0 Å². The van der Waals surface area contributed by atoms with Crippen LogP contribution in [0.5, 0.6) is 0 Å². The Morgan fingerprint density at radius 1 is 1.36 bits per heavy atom. The molecule has 0 spiro atoms. The molecule has 1 aromatic rings. The fourth-order valence-corrected chi connectivity index (χ4v) is 3.32. The molecule has 138 valence electrons. The van der Waals surface area contributed by atoms with Crippen molar-refractivity contribution in [2.24, 2.45) is 5.41 Å². The van der Waals surface area contributed by atoms with Gasteiger partial charge in [-0.3, -0.25) is 0 Å². The third kappa shape index (κ3) is 4.90. The van der Waals surface area contributed by atoms with Crippen LogP contribution in [-0.2, 0) is 20.8 Å². The maximum atomic E-state index is 12.2. The number of nitrogens with one attached hydrogen (secondary N) is 1. The maximum absolute atomic E-state index is 12.2. The molecule has 4 nitrogen and oxygen atoms in total. The van der Waals surface area contributed by atoms with E-state index in [1.807, 2.05) is 13.0 Å². The van der Waals surface area contributed by atoms with Gasteiger partial charge in [0.05, 0.1) is 24.9 Å². The number of rotatable bonds is 4. The van der Waals surface area contributed by atoms with Gasteiger partial charge in [0, 0.05) is 28.7 Å². The van der Waals surface area contributed by atoms with Crippen LogP contribution in [0.2, 0.25) is 10.0 Å². The first-order valence-electron chi connectivity index (χ1n) is 8.28. The predicted molar refractivity (Wildman–Crippen MR) is 101 cm³/mol. The molecule has 0 saturated carbocycles. The van der Waals surface area contributed by atoms with Crippen LogP contribution in [0.1, 0.15) is 39.7 Å². The lowest BCUT2D eigenvalue weighted by molar-refractivity contribution is -0.140. The smallest absolute Gasteiger partial charge is 0.338 e. The zero-order valence-corrected chi connectivity index (χ0v) is 16.8. The molecule has 0 bridgehead atoms. The lowest BCUT2D eigenvalue weighted by Crippen LogP contribution is -2.42. The standard InChI is InChI=1S/C19H25Cl2NO3/c1-11-17(18(23)24-5)15(9-16(25-11)19(2,3)4)22-10-12-6-7-13(20)8-14(12)21/h6-8,11,16,22H,9-10H2,1-5H3/t11-,16-/m0/s1. The van der Waals surface area contributed by atoms with Crippen molar-refractivity contribution >= 4 is 29.2 Å². The highest BCUT2D eigenvalue weighted by Gasteiger charge is 2.37. The molecule has 25 heavy (non-hydrogen) atoms. The molecule has 1 aliphatic heterocycles. The Bertz CT molecular complexity index is 680. The molecule has 2 atom stereocenters. The van der Waals surface area contributed by atoms with Crippen molar-refractivity contribution in [3.05, 3.63) is 45.1 Å². The van der Waals surface area contributed by atoms with E-state index in [4.69, 9.17) is 32.7 Å². The van der Waals surface area contributed by atoms with Gasteiger partial charge in [-0.1, -0.05) is 50.0 Å². The molecular weight excluding hydrogens is 361 g/mol. The van der Waals surface area contributed by atoms with Gasteiger partial charge in [0.1, 0.15) is 0 Å². The molecule has 2 rings (SSSR count). The second-order valence-corrected chi connectivity index (χ2v) is 8.15. The molecule has 0 fully saturated rings. The summed E-state index contributed by atoms with van der Waals surface area (Å²) in [6.45, 7) is 8.75. The minimum atomic E-state index is -0.371. The van der Waals surface area contributed by atoms with Gasteiger partial charge in [0.2, 0.25) is 0 Å². The van der Waals surface area contributed by atoms with Gasteiger partial charge in [-0.25, -0.2) is 4.79 Å². The lowest BCUT2D eigenvalue weighted by Gasteiger charge is -2.38. The van der Waals surface area contributed by atoms with Crippen LogP contribution in [-0.4, -0.2) is 25.3 Å². The molecule has 1 heterocycles. The number of carbonyl (C=O) groups excluding carboxylic acids is 1. The van der Waals surface area contributed by atoms with Crippen molar-refractivity contribution in [1.29, 1.82) is 0 Å². The van der Waals surface area contributed by atoms with Crippen molar-refractivity contribution in [3.63, 3.8) is 0 Å². The highest BCUT2D eigenvalue weighted by Crippen LogP contribution is 2.35. The van der Waals surface area contributed by atoms with Crippen molar-refractivity contribution in [1.82, 2.24) is 5.32 Å². The predicted octanol–water partition coefficient (Wildman–Crippen LogP) is 4.73. The second kappa shape index (κ2) is 7.98. The minimum absolute atomic E-state index is 0.000837. The fraction of sp³-hybridized carbons (Fsp3) is 0.526. The summed E-state index contributed by atoms with van der Waals surface area (Å²) >= 11 is 12.2. The molecule has 0 aromatic heterocycles. The third-order valence-electron chi connectivity index (χ3n) is 4.37. The highest BCUT2D eigenvalue weighted by molar-refractivity contribution is 6.35. The average molecular weight is 386 g/mol. The molecule has 0 aliphatic carbocycles. The molecule has 0 saturated heterocycles. The van der Waals surface area contributed by atoms with Crippen LogP contribution in [0.4, 0.5) is 0 Å². The van der Waals surface area contributed by atoms with E-state index in [1.165, 1.54) is 7.11 Å². The van der Waals surface area contributed by atoms with E-state index in [2.05, 4.69) is 26.1 Å². The summed E-state index contributed by atoms with van der Waals surface area (Å²) in [7, 11) is 1.38. The Kier molecular flexibility index (Phi) is 6.41. The van der Waals surface area contributed by atoms with E-state index in [1.54, 1.807) is 12.1 Å². The highest BCUT2D eigenvalue weighted by atomic mass is 35.5. The number of benzene rings is 1. The van der Waals surface area contributed by atoms with Crippen LogP contribution in [0.3, 0.4) is 0 Å².